The van der Waals surface area contributed by atoms with E-state index in [0.717, 1.165) is 26.2 Å². The van der Waals surface area contributed by atoms with Gasteiger partial charge in [-0.15, -0.1) is 5.10 Å². The standard InChI is InChI=1S/C12H15N5O2/c18-9-2-1-8(7-10(9)19)11-14-12(16-15-11)17-5-3-13-4-6-17/h1-2,7,13,18-19H,3-6H2,(H,14,15,16). The molecule has 1 aromatic heterocycles. The molecule has 7 nitrogen and oxygen atoms in total. The maximum Gasteiger partial charge on any atom is 0.245 e. The Morgan fingerprint density at radius 3 is 2.63 bits per heavy atom. The fourth-order valence-corrected chi connectivity index (χ4v) is 2.06. The zero-order valence-electron chi connectivity index (χ0n) is 10.3. The molecule has 0 bridgehead atoms. The maximum atomic E-state index is 9.49. The number of nitrogens with zero attached hydrogens (tertiary/aromatic N) is 3. The largest absolute Gasteiger partial charge is 0.504 e. The van der Waals surface area contributed by atoms with E-state index < -0.39 is 0 Å². The topological polar surface area (TPSA) is 97.3 Å². The first-order valence-electron chi connectivity index (χ1n) is 6.14. The Morgan fingerprint density at radius 1 is 1.11 bits per heavy atom. The lowest BCUT2D eigenvalue weighted by Crippen LogP contribution is -2.44. The Morgan fingerprint density at radius 2 is 1.89 bits per heavy atom. The molecule has 0 amide bonds. The van der Waals surface area contributed by atoms with Gasteiger partial charge in [0.05, 0.1) is 0 Å². The number of H-pyrrole nitrogens is 1. The van der Waals surface area contributed by atoms with E-state index in [1.54, 1.807) is 6.07 Å². The normalized spacial score (nSPS) is 15.7. The second-order valence-electron chi connectivity index (χ2n) is 4.42. The van der Waals surface area contributed by atoms with E-state index in [1.807, 2.05) is 0 Å². The molecule has 0 radical (unpaired) electrons. The van der Waals surface area contributed by atoms with Crippen LogP contribution in [-0.4, -0.2) is 51.6 Å². The van der Waals surface area contributed by atoms with Gasteiger partial charge >= 0.3 is 0 Å². The van der Waals surface area contributed by atoms with Gasteiger partial charge in [0, 0.05) is 31.7 Å². The van der Waals surface area contributed by atoms with Crippen molar-refractivity contribution in [3.63, 3.8) is 0 Å². The number of hydrogen-bond donors (Lipinski definition) is 4. The van der Waals surface area contributed by atoms with Crippen LogP contribution in [0.1, 0.15) is 0 Å². The molecule has 1 saturated heterocycles. The van der Waals surface area contributed by atoms with Crippen molar-refractivity contribution < 1.29 is 10.2 Å². The highest BCUT2D eigenvalue weighted by atomic mass is 16.3. The first-order valence-corrected chi connectivity index (χ1v) is 6.14. The summed E-state index contributed by atoms with van der Waals surface area (Å²) in [4.78, 5) is 6.51. The molecule has 1 aliphatic heterocycles. The molecule has 1 fully saturated rings. The molecule has 19 heavy (non-hydrogen) atoms. The van der Waals surface area contributed by atoms with E-state index in [-0.39, 0.29) is 11.5 Å². The van der Waals surface area contributed by atoms with Crippen molar-refractivity contribution in [1.82, 2.24) is 20.5 Å². The van der Waals surface area contributed by atoms with Gasteiger partial charge in [0.1, 0.15) is 0 Å². The monoisotopic (exact) mass is 261 g/mol. The molecule has 2 heterocycles. The molecule has 0 saturated carbocycles. The molecule has 1 aliphatic rings. The van der Waals surface area contributed by atoms with Gasteiger partial charge in [0.25, 0.3) is 0 Å². The lowest BCUT2D eigenvalue weighted by atomic mass is 10.2. The SMILES string of the molecule is Oc1ccc(-c2nc(N3CCNCC3)n[nH]2)cc1O. The van der Waals surface area contributed by atoms with Gasteiger partial charge < -0.3 is 20.4 Å². The summed E-state index contributed by atoms with van der Waals surface area (Å²) in [6.45, 7) is 3.59. The summed E-state index contributed by atoms with van der Waals surface area (Å²) in [5.74, 6) is 0.913. The van der Waals surface area contributed by atoms with E-state index in [0.29, 0.717) is 17.3 Å². The van der Waals surface area contributed by atoms with Crippen molar-refractivity contribution in [3.05, 3.63) is 18.2 Å². The van der Waals surface area contributed by atoms with Crippen LogP contribution in [0.2, 0.25) is 0 Å². The predicted molar refractivity (Wildman–Crippen MR) is 70.2 cm³/mol. The molecule has 0 aliphatic carbocycles. The summed E-state index contributed by atoms with van der Waals surface area (Å²) in [7, 11) is 0. The third-order valence-electron chi connectivity index (χ3n) is 3.12. The minimum absolute atomic E-state index is 0.148. The van der Waals surface area contributed by atoms with E-state index in [9.17, 15) is 10.2 Å². The van der Waals surface area contributed by atoms with Gasteiger partial charge in [-0.1, -0.05) is 0 Å². The van der Waals surface area contributed by atoms with Crippen LogP contribution in [0, 0.1) is 0 Å². The highest BCUT2D eigenvalue weighted by Gasteiger charge is 2.15. The van der Waals surface area contributed by atoms with Crippen molar-refractivity contribution in [2.45, 2.75) is 0 Å². The van der Waals surface area contributed by atoms with Crippen LogP contribution < -0.4 is 10.2 Å². The average Bonchev–Trinajstić information content (AvgIpc) is 2.93. The van der Waals surface area contributed by atoms with Crippen LogP contribution in [0.15, 0.2) is 18.2 Å². The predicted octanol–water partition coefficient (Wildman–Crippen LogP) is 0.292. The summed E-state index contributed by atoms with van der Waals surface area (Å²) < 4.78 is 0. The number of piperazine rings is 1. The van der Waals surface area contributed by atoms with Crippen LogP contribution in [0.4, 0.5) is 5.95 Å². The third-order valence-corrected chi connectivity index (χ3v) is 3.12. The fourth-order valence-electron chi connectivity index (χ4n) is 2.06. The van der Waals surface area contributed by atoms with Crippen molar-refractivity contribution >= 4 is 5.95 Å². The maximum absolute atomic E-state index is 9.49. The van der Waals surface area contributed by atoms with Crippen LogP contribution in [0.25, 0.3) is 11.4 Å². The van der Waals surface area contributed by atoms with Crippen LogP contribution in [-0.2, 0) is 0 Å². The zero-order valence-corrected chi connectivity index (χ0v) is 10.3. The zero-order chi connectivity index (χ0) is 13.2. The molecule has 100 valence electrons. The molecule has 2 aromatic rings. The quantitative estimate of drug-likeness (QED) is 0.580. The fraction of sp³-hybridized carbons (Fsp3) is 0.333. The summed E-state index contributed by atoms with van der Waals surface area (Å²) in [6, 6.07) is 4.56. The number of aromatic amines is 1. The Balaban J connectivity index is 1.85. The van der Waals surface area contributed by atoms with E-state index in [1.165, 1.54) is 12.1 Å². The van der Waals surface area contributed by atoms with Gasteiger partial charge in [0.2, 0.25) is 5.95 Å². The minimum atomic E-state index is -0.169. The number of nitrogens with one attached hydrogen (secondary N) is 2. The van der Waals surface area contributed by atoms with Gasteiger partial charge in [-0.25, -0.2) is 0 Å². The van der Waals surface area contributed by atoms with Crippen molar-refractivity contribution in [3.8, 4) is 22.9 Å². The molecule has 0 unspecified atom stereocenters. The lowest BCUT2D eigenvalue weighted by Gasteiger charge is -2.25. The Bertz CT molecular complexity index is 577. The number of phenolic OH excluding ortho intramolecular Hbond substituents is 2. The first-order chi connectivity index (χ1) is 9.24. The molecule has 1 aromatic carbocycles. The summed E-state index contributed by atoms with van der Waals surface area (Å²) in [5, 5.41) is 29.1. The van der Waals surface area contributed by atoms with Crippen molar-refractivity contribution in [1.29, 1.82) is 0 Å². The molecule has 7 heteroatoms. The highest BCUT2D eigenvalue weighted by molar-refractivity contribution is 5.61. The molecule has 0 spiro atoms. The molecule has 0 atom stereocenters. The van der Waals surface area contributed by atoms with E-state index >= 15 is 0 Å². The highest BCUT2D eigenvalue weighted by Crippen LogP contribution is 2.29. The van der Waals surface area contributed by atoms with Crippen molar-refractivity contribution in [2.24, 2.45) is 0 Å². The van der Waals surface area contributed by atoms with Gasteiger partial charge in [-0.3, -0.25) is 5.10 Å². The number of aromatic nitrogens is 3. The number of anilines is 1. The second-order valence-corrected chi connectivity index (χ2v) is 4.42. The summed E-state index contributed by atoms with van der Waals surface area (Å²) in [6.07, 6.45) is 0. The smallest absolute Gasteiger partial charge is 0.245 e. The number of hydrogen-bond acceptors (Lipinski definition) is 6. The van der Waals surface area contributed by atoms with E-state index in [2.05, 4.69) is 25.4 Å². The number of benzene rings is 1. The Labute approximate surface area is 109 Å². The first kappa shape index (κ1) is 11.8. The van der Waals surface area contributed by atoms with Crippen LogP contribution in [0.5, 0.6) is 11.5 Å². The van der Waals surface area contributed by atoms with Gasteiger partial charge in [0.15, 0.2) is 17.3 Å². The van der Waals surface area contributed by atoms with Crippen molar-refractivity contribution in [2.75, 3.05) is 31.1 Å². The second kappa shape index (κ2) is 4.77. The number of phenols is 2. The number of aromatic hydroxyl groups is 2. The average molecular weight is 261 g/mol. The summed E-state index contributed by atoms with van der Waals surface area (Å²) >= 11 is 0. The third kappa shape index (κ3) is 2.32. The van der Waals surface area contributed by atoms with Gasteiger partial charge in [-0.2, -0.15) is 4.98 Å². The summed E-state index contributed by atoms with van der Waals surface area (Å²) in [5.41, 5.74) is 0.684. The molecule has 3 rings (SSSR count). The molecule has 4 N–H and O–H groups in total. The van der Waals surface area contributed by atoms with E-state index in [4.69, 9.17) is 0 Å². The Kier molecular flexibility index (Phi) is 2.96. The lowest BCUT2D eigenvalue weighted by molar-refractivity contribution is 0.404. The van der Waals surface area contributed by atoms with Crippen LogP contribution >= 0.6 is 0 Å². The Hall–Kier alpha value is -2.28. The molecular weight excluding hydrogens is 246 g/mol. The molecular formula is C12H15N5O2. The minimum Gasteiger partial charge on any atom is -0.504 e. The number of rotatable bonds is 2. The van der Waals surface area contributed by atoms with Gasteiger partial charge in [-0.05, 0) is 18.2 Å². The van der Waals surface area contributed by atoms with Crippen LogP contribution in [0.3, 0.4) is 0 Å².